The number of carbonyl (C=O) groups excluding carboxylic acids is 2. The first-order valence-corrected chi connectivity index (χ1v) is 16.1. The number of benzene rings is 3. The molecule has 3 aromatic rings. The zero-order chi connectivity index (χ0) is 33.5. The average molecular weight is 660 g/mol. The maximum absolute atomic E-state index is 13.9. The van der Waals surface area contributed by atoms with Gasteiger partial charge in [-0.25, -0.2) is 13.2 Å². The molecule has 1 aliphatic rings. The van der Waals surface area contributed by atoms with E-state index in [0.29, 0.717) is 11.3 Å². The number of nitrogens with zero attached hydrogens (tertiary/aromatic N) is 1. The lowest BCUT2D eigenvalue weighted by atomic mass is 9.86. The van der Waals surface area contributed by atoms with Gasteiger partial charge in [0.15, 0.2) is 9.84 Å². The number of halogens is 3. The van der Waals surface area contributed by atoms with Crippen molar-refractivity contribution in [3.05, 3.63) is 95.6 Å². The number of carboxylic acid groups (broad SMARTS) is 1. The SMILES string of the molecule is CS(=O)(=O)c1cc(NC(=O)N(Cc2ccc(C(=O)NCCC(=O)O)cc2)c2ccccc2C2CC=CCC2)ccc1OC(F)(F)F. The molecule has 0 fully saturated rings. The normalized spacial score (nSPS) is 14.7. The summed E-state index contributed by atoms with van der Waals surface area (Å²) < 4.78 is 67.3. The minimum absolute atomic E-state index is 0.0144. The number of aliphatic carboxylic acids is 1. The Balaban J connectivity index is 1.66. The van der Waals surface area contributed by atoms with Gasteiger partial charge in [-0.05, 0) is 72.7 Å². The molecule has 244 valence electrons. The maximum atomic E-state index is 13.9. The van der Waals surface area contributed by atoms with Crippen LogP contribution >= 0.6 is 0 Å². The summed E-state index contributed by atoms with van der Waals surface area (Å²) in [7, 11) is -4.19. The van der Waals surface area contributed by atoms with Crippen LogP contribution in [0.25, 0.3) is 0 Å². The zero-order valence-electron chi connectivity index (χ0n) is 24.7. The number of urea groups is 1. The fourth-order valence-corrected chi connectivity index (χ4v) is 5.84. The predicted molar refractivity (Wildman–Crippen MR) is 165 cm³/mol. The number of alkyl halides is 3. The minimum Gasteiger partial charge on any atom is -0.481 e. The molecular weight excluding hydrogens is 627 g/mol. The molecular formula is C32H32F3N3O7S. The standard InChI is InChI=1S/C32H32F3N3O7S/c1-46(43,44)28-19-24(15-16-27(28)45-32(33,34)35)37-31(42)38(26-10-6-5-9-25(26)22-7-3-2-4-8-22)20-21-11-13-23(14-12-21)30(41)36-18-17-29(39)40/h2-3,5-6,9-16,19,22H,4,7-8,17-18,20H2,1H3,(H,36,41)(H,37,42)(H,39,40). The number of hydrogen-bond donors (Lipinski definition) is 3. The molecule has 1 aliphatic carbocycles. The molecule has 3 N–H and O–H groups in total. The molecule has 0 saturated heterocycles. The molecule has 14 heteroatoms. The van der Waals surface area contributed by atoms with Crippen LogP contribution in [0.1, 0.15) is 53.1 Å². The van der Waals surface area contributed by atoms with Crippen molar-refractivity contribution in [2.45, 2.75) is 49.4 Å². The summed E-state index contributed by atoms with van der Waals surface area (Å²) in [4.78, 5) is 37.7. The highest BCUT2D eigenvalue weighted by atomic mass is 32.2. The van der Waals surface area contributed by atoms with E-state index in [9.17, 15) is 36.0 Å². The number of carbonyl (C=O) groups is 3. The zero-order valence-corrected chi connectivity index (χ0v) is 25.5. The number of carboxylic acids is 1. The smallest absolute Gasteiger partial charge is 0.481 e. The summed E-state index contributed by atoms with van der Waals surface area (Å²) in [5, 5.41) is 13.9. The van der Waals surface area contributed by atoms with Crippen LogP contribution in [0.2, 0.25) is 0 Å². The Bertz CT molecular complexity index is 1730. The van der Waals surface area contributed by atoms with Gasteiger partial charge in [0.2, 0.25) is 0 Å². The third-order valence-electron chi connectivity index (χ3n) is 7.18. The van der Waals surface area contributed by atoms with Crippen molar-refractivity contribution in [2.75, 3.05) is 23.0 Å². The van der Waals surface area contributed by atoms with Crippen molar-refractivity contribution in [1.29, 1.82) is 0 Å². The predicted octanol–water partition coefficient (Wildman–Crippen LogP) is 6.26. The second-order valence-electron chi connectivity index (χ2n) is 10.6. The van der Waals surface area contributed by atoms with E-state index in [2.05, 4.69) is 27.5 Å². The molecule has 0 heterocycles. The fraction of sp³-hybridized carbons (Fsp3) is 0.281. The van der Waals surface area contributed by atoms with Gasteiger partial charge >= 0.3 is 18.4 Å². The average Bonchev–Trinajstić information content (AvgIpc) is 3.00. The largest absolute Gasteiger partial charge is 0.573 e. The van der Waals surface area contributed by atoms with E-state index in [1.54, 1.807) is 24.3 Å². The first kappa shape index (κ1) is 34.0. The van der Waals surface area contributed by atoms with Gasteiger partial charge in [-0.2, -0.15) is 0 Å². The van der Waals surface area contributed by atoms with E-state index in [0.717, 1.165) is 49.3 Å². The van der Waals surface area contributed by atoms with E-state index in [-0.39, 0.29) is 36.7 Å². The van der Waals surface area contributed by atoms with Crippen LogP contribution < -0.4 is 20.3 Å². The summed E-state index contributed by atoms with van der Waals surface area (Å²) in [5.41, 5.74) is 2.32. The summed E-state index contributed by atoms with van der Waals surface area (Å²) in [6, 6.07) is 15.9. The number of anilines is 2. The summed E-state index contributed by atoms with van der Waals surface area (Å²) in [6.07, 6.45) is 2.02. The molecule has 0 radical (unpaired) electrons. The summed E-state index contributed by atoms with van der Waals surface area (Å²) in [5.74, 6) is -2.31. The fourth-order valence-electron chi connectivity index (χ4n) is 5.03. The molecule has 3 aromatic carbocycles. The summed E-state index contributed by atoms with van der Waals surface area (Å²) >= 11 is 0. The molecule has 1 unspecified atom stereocenters. The van der Waals surface area contributed by atoms with Gasteiger partial charge in [-0.1, -0.05) is 42.5 Å². The van der Waals surface area contributed by atoms with E-state index in [1.165, 1.54) is 17.0 Å². The number of amides is 3. The lowest BCUT2D eigenvalue weighted by Gasteiger charge is -2.29. The molecule has 46 heavy (non-hydrogen) atoms. The Hall–Kier alpha value is -4.85. The molecule has 10 nitrogen and oxygen atoms in total. The highest BCUT2D eigenvalue weighted by molar-refractivity contribution is 7.90. The molecule has 1 atom stereocenters. The lowest BCUT2D eigenvalue weighted by molar-refractivity contribution is -0.275. The van der Waals surface area contributed by atoms with Gasteiger partial charge in [-0.15, -0.1) is 13.2 Å². The third kappa shape index (κ3) is 9.33. The van der Waals surface area contributed by atoms with E-state index < -0.39 is 44.8 Å². The maximum Gasteiger partial charge on any atom is 0.573 e. The molecule has 0 aliphatic heterocycles. The Labute approximate surface area is 263 Å². The van der Waals surface area contributed by atoms with Gasteiger partial charge in [-0.3, -0.25) is 14.5 Å². The number of nitrogens with one attached hydrogen (secondary N) is 2. The Kier molecular flexibility index (Phi) is 10.7. The van der Waals surface area contributed by atoms with Gasteiger partial charge < -0.3 is 20.5 Å². The van der Waals surface area contributed by atoms with Crippen molar-refractivity contribution in [3.8, 4) is 5.75 Å². The van der Waals surface area contributed by atoms with E-state index >= 15 is 0 Å². The monoisotopic (exact) mass is 659 g/mol. The molecule has 4 rings (SSSR count). The second-order valence-corrected chi connectivity index (χ2v) is 12.6. The van der Waals surface area contributed by atoms with Crippen molar-refractivity contribution in [3.63, 3.8) is 0 Å². The number of allylic oxidation sites excluding steroid dienone is 2. The minimum atomic E-state index is -5.13. The van der Waals surface area contributed by atoms with Crippen LogP contribution in [0.4, 0.5) is 29.3 Å². The second kappa shape index (κ2) is 14.5. The van der Waals surface area contributed by atoms with Gasteiger partial charge in [0.25, 0.3) is 5.91 Å². The quantitative estimate of drug-likeness (QED) is 0.207. The number of sulfone groups is 1. The summed E-state index contributed by atoms with van der Waals surface area (Å²) in [6.45, 7) is -0.0259. The van der Waals surface area contributed by atoms with Crippen LogP contribution in [0, 0.1) is 0 Å². The molecule has 3 amide bonds. The highest BCUT2D eigenvalue weighted by Gasteiger charge is 2.34. The first-order valence-electron chi connectivity index (χ1n) is 14.2. The number of para-hydroxylation sites is 1. The topological polar surface area (TPSA) is 142 Å². The van der Waals surface area contributed by atoms with Crippen LogP contribution in [0.3, 0.4) is 0 Å². The molecule has 0 saturated carbocycles. The van der Waals surface area contributed by atoms with Crippen LogP contribution in [-0.4, -0.2) is 50.6 Å². The lowest BCUT2D eigenvalue weighted by Crippen LogP contribution is -2.35. The van der Waals surface area contributed by atoms with E-state index in [1.807, 2.05) is 12.1 Å². The van der Waals surface area contributed by atoms with Crippen molar-refractivity contribution in [1.82, 2.24) is 5.32 Å². The van der Waals surface area contributed by atoms with Crippen LogP contribution in [-0.2, 0) is 21.2 Å². The first-order chi connectivity index (χ1) is 21.7. The molecule has 0 spiro atoms. The number of hydrogen-bond acceptors (Lipinski definition) is 6. The van der Waals surface area contributed by atoms with Crippen LogP contribution in [0.5, 0.6) is 5.75 Å². The Morgan fingerprint density at radius 3 is 2.37 bits per heavy atom. The number of ether oxygens (including phenoxy) is 1. The van der Waals surface area contributed by atoms with Crippen molar-refractivity contribution < 1.29 is 45.8 Å². The molecule has 0 bridgehead atoms. The Morgan fingerprint density at radius 1 is 1.02 bits per heavy atom. The van der Waals surface area contributed by atoms with Crippen molar-refractivity contribution in [2.24, 2.45) is 0 Å². The van der Waals surface area contributed by atoms with Crippen LogP contribution in [0.15, 0.2) is 83.8 Å². The highest BCUT2D eigenvalue weighted by Crippen LogP contribution is 2.37. The van der Waals surface area contributed by atoms with E-state index in [4.69, 9.17) is 5.11 Å². The van der Waals surface area contributed by atoms with Gasteiger partial charge in [0.1, 0.15) is 10.6 Å². The van der Waals surface area contributed by atoms with Gasteiger partial charge in [0.05, 0.1) is 13.0 Å². The third-order valence-corrected chi connectivity index (χ3v) is 8.30. The van der Waals surface area contributed by atoms with Gasteiger partial charge in [0, 0.05) is 29.7 Å². The Morgan fingerprint density at radius 2 is 1.74 bits per heavy atom. The molecule has 0 aromatic heterocycles. The number of rotatable bonds is 11. The van der Waals surface area contributed by atoms with Crippen molar-refractivity contribution >= 4 is 39.1 Å².